The summed E-state index contributed by atoms with van der Waals surface area (Å²) >= 11 is 6.16. The van der Waals surface area contributed by atoms with E-state index in [0.717, 1.165) is 15.4 Å². The first-order valence-corrected chi connectivity index (χ1v) is 10.4. The summed E-state index contributed by atoms with van der Waals surface area (Å²) in [7, 11) is -0.870. The molecule has 0 saturated heterocycles. The van der Waals surface area contributed by atoms with E-state index < -0.39 is 10.2 Å². The van der Waals surface area contributed by atoms with Crippen molar-refractivity contribution in [1.82, 2.24) is 24.2 Å². The van der Waals surface area contributed by atoms with Crippen LogP contribution >= 0.6 is 11.6 Å². The van der Waals surface area contributed by atoms with Gasteiger partial charge in [-0.25, -0.2) is 19.9 Å². The quantitative estimate of drug-likeness (QED) is 0.574. The molecule has 0 amide bonds. The zero-order chi connectivity index (χ0) is 21.2. The Labute approximate surface area is 174 Å². The molecule has 0 aliphatic heterocycles. The summed E-state index contributed by atoms with van der Waals surface area (Å²) in [4.78, 5) is 16.8. The highest BCUT2D eigenvalue weighted by atomic mass is 35.5. The molecule has 0 fully saturated rings. The molecule has 9 nitrogen and oxygen atoms in total. The summed E-state index contributed by atoms with van der Waals surface area (Å²) in [5.41, 5.74) is 2.39. The number of anilines is 3. The van der Waals surface area contributed by atoms with Gasteiger partial charge in [0.05, 0.1) is 5.69 Å². The summed E-state index contributed by atoms with van der Waals surface area (Å²) < 4.78 is 28.0. The summed E-state index contributed by atoms with van der Waals surface area (Å²) in [5, 5.41) is 3.20. The van der Waals surface area contributed by atoms with Gasteiger partial charge < -0.3 is 5.32 Å². The lowest BCUT2D eigenvalue weighted by Gasteiger charge is -2.18. The van der Waals surface area contributed by atoms with Crippen LogP contribution in [0.2, 0.25) is 5.15 Å². The molecule has 0 spiro atoms. The molecular formula is C18H20ClN7O2S. The van der Waals surface area contributed by atoms with Crippen LogP contribution < -0.4 is 10.0 Å². The molecule has 0 unspecified atom stereocenters. The standard InChI is InChI=1S/C18H20ClN7O2S/c1-11-14(10-22-18(19)17(11)25-29(27,28)26(3)4)13-5-7-21-16(9-13)24-15-6-8-20-12(2)23-15/h5-10,25H,1-4H3,(H,20,21,23,24). The van der Waals surface area contributed by atoms with Gasteiger partial charge in [0.15, 0.2) is 5.15 Å². The van der Waals surface area contributed by atoms with Crippen molar-refractivity contribution in [1.29, 1.82) is 0 Å². The fraction of sp³-hybridized carbons (Fsp3) is 0.222. The normalized spacial score (nSPS) is 11.5. The van der Waals surface area contributed by atoms with Crippen molar-refractivity contribution < 1.29 is 8.42 Å². The van der Waals surface area contributed by atoms with Crippen molar-refractivity contribution in [2.24, 2.45) is 0 Å². The van der Waals surface area contributed by atoms with Gasteiger partial charge in [-0.05, 0) is 43.2 Å². The van der Waals surface area contributed by atoms with Gasteiger partial charge in [0.25, 0.3) is 0 Å². The molecule has 3 rings (SSSR count). The van der Waals surface area contributed by atoms with E-state index in [9.17, 15) is 8.42 Å². The third-order valence-corrected chi connectivity index (χ3v) is 5.82. The zero-order valence-corrected chi connectivity index (χ0v) is 17.9. The molecule has 0 aliphatic rings. The zero-order valence-electron chi connectivity index (χ0n) is 16.3. The number of hydrogen-bond donors (Lipinski definition) is 2. The number of pyridine rings is 2. The predicted octanol–water partition coefficient (Wildman–Crippen LogP) is 3.17. The van der Waals surface area contributed by atoms with Gasteiger partial charge in [-0.15, -0.1) is 0 Å². The third-order valence-electron chi connectivity index (χ3n) is 4.11. The highest BCUT2D eigenvalue weighted by Crippen LogP contribution is 2.33. The first kappa shape index (κ1) is 20.9. The van der Waals surface area contributed by atoms with Crippen molar-refractivity contribution in [2.75, 3.05) is 24.1 Å². The molecule has 0 aromatic carbocycles. The largest absolute Gasteiger partial charge is 0.325 e. The summed E-state index contributed by atoms with van der Waals surface area (Å²) in [5.74, 6) is 1.83. The molecular weight excluding hydrogens is 414 g/mol. The van der Waals surface area contributed by atoms with Gasteiger partial charge in [-0.3, -0.25) is 4.72 Å². The smallest absolute Gasteiger partial charge is 0.301 e. The van der Waals surface area contributed by atoms with Crippen LogP contribution in [0, 0.1) is 13.8 Å². The maximum atomic E-state index is 12.2. The highest BCUT2D eigenvalue weighted by molar-refractivity contribution is 7.90. The minimum atomic E-state index is -3.73. The van der Waals surface area contributed by atoms with Crippen LogP contribution in [-0.4, -0.2) is 46.8 Å². The van der Waals surface area contributed by atoms with Crippen LogP contribution in [0.4, 0.5) is 17.3 Å². The average molecular weight is 434 g/mol. The fourth-order valence-electron chi connectivity index (χ4n) is 2.53. The second kappa shape index (κ2) is 8.27. The molecule has 3 aromatic rings. The molecule has 0 radical (unpaired) electrons. The Morgan fingerprint density at radius 3 is 2.45 bits per heavy atom. The fourth-order valence-corrected chi connectivity index (χ4v) is 3.51. The number of aryl methyl sites for hydroxylation is 1. The highest BCUT2D eigenvalue weighted by Gasteiger charge is 2.19. The van der Waals surface area contributed by atoms with Gasteiger partial charge in [-0.1, -0.05) is 11.6 Å². The van der Waals surface area contributed by atoms with Gasteiger partial charge in [-0.2, -0.15) is 12.7 Å². The number of rotatable bonds is 6. The number of aromatic nitrogens is 4. The Bertz CT molecular complexity index is 1150. The molecule has 152 valence electrons. The monoisotopic (exact) mass is 433 g/mol. The molecule has 0 bridgehead atoms. The summed E-state index contributed by atoms with van der Waals surface area (Å²) in [6.07, 6.45) is 4.90. The third kappa shape index (κ3) is 4.78. The lowest BCUT2D eigenvalue weighted by Crippen LogP contribution is -2.29. The second-order valence-electron chi connectivity index (χ2n) is 6.40. The number of nitrogens with zero attached hydrogens (tertiary/aromatic N) is 5. The van der Waals surface area contributed by atoms with Gasteiger partial charge >= 0.3 is 10.2 Å². The number of halogens is 1. The van der Waals surface area contributed by atoms with Crippen molar-refractivity contribution in [3.63, 3.8) is 0 Å². The molecule has 0 aliphatic carbocycles. The first-order valence-electron chi connectivity index (χ1n) is 8.56. The van der Waals surface area contributed by atoms with Crippen LogP contribution in [-0.2, 0) is 10.2 Å². The van der Waals surface area contributed by atoms with Gasteiger partial charge in [0.1, 0.15) is 17.5 Å². The van der Waals surface area contributed by atoms with E-state index >= 15 is 0 Å². The molecule has 29 heavy (non-hydrogen) atoms. The predicted molar refractivity (Wildman–Crippen MR) is 113 cm³/mol. The van der Waals surface area contributed by atoms with E-state index in [1.54, 1.807) is 44.6 Å². The molecule has 0 atom stereocenters. The van der Waals surface area contributed by atoms with Crippen LogP contribution in [0.1, 0.15) is 11.4 Å². The van der Waals surface area contributed by atoms with E-state index in [-0.39, 0.29) is 10.8 Å². The Hall–Kier alpha value is -2.82. The lowest BCUT2D eigenvalue weighted by atomic mass is 10.0. The van der Waals surface area contributed by atoms with Crippen molar-refractivity contribution >= 4 is 39.1 Å². The molecule has 3 aromatic heterocycles. The summed E-state index contributed by atoms with van der Waals surface area (Å²) in [6, 6.07) is 5.36. The number of nitrogens with one attached hydrogen (secondary N) is 2. The van der Waals surface area contributed by atoms with Gasteiger partial charge in [0, 0.05) is 38.2 Å². The number of hydrogen-bond acceptors (Lipinski definition) is 7. The average Bonchev–Trinajstić information content (AvgIpc) is 2.65. The van der Waals surface area contributed by atoms with Crippen LogP contribution in [0.5, 0.6) is 0 Å². The van der Waals surface area contributed by atoms with E-state index in [2.05, 4.69) is 30.0 Å². The molecule has 2 N–H and O–H groups in total. The lowest BCUT2D eigenvalue weighted by molar-refractivity contribution is 0.526. The molecule has 0 saturated carbocycles. The summed E-state index contributed by atoms with van der Waals surface area (Å²) in [6.45, 7) is 3.58. The van der Waals surface area contributed by atoms with E-state index in [1.807, 2.05) is 6.07 Å². The molecule has 3 heterocycles. The van der Waals surface area contributed by atoms with Crippen molar-refractivity contribution in [2.45, 2.75) is 13.8 Å². The Morgan fingerprint density at radius 1 is 1.03 bits per heavy atom. The molecule has 11 heteroatoms. The SMILES string of the molecule is Cc1nccc(Nc2cc(-c3cnc(Cl)c(NS(=O)(=O)N(C)C)c3C)ccn2)n1. The van der Waals surface area contributed by atoms with E-state index in [1.165, 1.54) is 14.1 Å². The maximum absolute atomic E-state index is 12.2. The topological polar surface area (TPSA) is 113 Å². The van der Waals surface area contributed by atoms with E-state index in [4.69, 9.17) is 11.6 Å². The minimum Gasteiger partial charge on any atom is -0.325 e. The van der Waals surface area contributed by atoms with E-state index in [0.29, 0.717) is 23.0 Å². The Morgan fingerprint density at radius 2 is 1.76 bits per heavy atom. The second-order valence-corrected chi connectivity index (χ2v) is 8.64. The van der Waals surface area contributed by atoms with Crippen molar-refractivity contribution in [3.8, 4) is 11.1 Å². The first-order chi connectivity index (χ1) is 13.7. The van der Waals surface area contributed by atoms with Crippen LogP contribution in [0.15, 0.2) is 36.8 Å². The van der Waals surface area contributed by atoms with Crippen molar-refractivity contribution in [3.05, 3.63) is 53.3 Å². The maximum Gasteiger partial charge on any atom is 0.301 e. The van der Waals surface area contributed by atoms with Crippen LogP contribution in [0.25, 0.3) is 11.1 Å². The van der Waals surface area contributed by atoms with Crippen LogP contribution in [0.3, 0.4) is 0 Å². The Kier molecular flexibility index (Phi) is 5.96. The minimum absolute atomic E-state index is 0.0699. The van der Waals surface area contributed by atoms with Gasteiger partial charge in [0.2, 0.25) is 0 Å². The Balaban J connectivity index is 1.98.